The first-order valence-corrected chi connectivity index (χ1v) is 7.28. The van der Waals surface area contributed by atoms with Crippen molar-refractivity contribution >= 4 is 11.6 Å². The summed E-state index contributed by atoms with van der Waals surface area (Å²) in [5, 5.41) is 8.38. The second-order valence-corrected chi connectivity index (χ2v) is 5.12. The van der Waals surface area contributed by atoms with E-state index in [0.29, 0.717) is 5.02 Å². The quantitative estimate of drug-likeness (QED) is 0.890. The maximum atomic E-state index is 6.31. The lowest BCUT2D eigenvalue weighted by atomic mass is 10.1. The molecule has 20 heavy (non-hydrogen) atoms. The summed E-state index contributed by atoms with van der Waals surface area (Å²) in [4.78, 5) is 8.84. The minimum atomic E-state index is -0.137. The second-order valence-electron chi connectivity index (χ2n) is 4.71. The van der Waals surface area contributed by atoms with Crippen LogP contribution in [0.1, 0.15) is 43.4 Å². The first-order chi connectivity index (χ1) is 9.67. The Morgan fingerprint density at radius 1 is 1.25 bits per heavy atom. The molecule has 0 spiro atoms. The van der Waals surface area contributed by atoms with Gasteiger partial charge in [-0.05, 0) is 25.5 Å². The Morgan fingerprint density at radius 3 is 2.55 bits per heavy atom. The highest BCUT2D eigenvalue weighted by atomic mass is 35.5. The van der Waals surface area contributed by atoms with E-state index >= 15 is 0 Å². The SMILES string of the molecule is CCCn1ncc(Cl)c1C(NCC)c1ncc(C)cn1. The predicted octanol–water partition coefficient (Wildman–Crippen LogP) is 2.74. The number of hydrogen-bond acceptors (Lipinski definition) is 4. The fourth-order valence-electron chi connectivity index (χ4n) is 2.11. The summed E-state index contributed by atoms with van der Waals surface area (Å²) in [5.41, 5.74) is 1.97. The van der Waals surface area contributed by atoms with Crippen LogP contribution in [0.2, 0.25) is 5.02 Å². The minimum absolute atomic E-state index is 0.137. The third-order valence-corrected chi connectivity index (χ3v) is 3.30. The standard InChI is InChI=1S/C14H20ClN5/c1-4-6-20-13(11(15)9-19-20)12(16-5-2)14-17-7-10(3)8-18-14/h7-9,12,16H,4-6H2,1-3H3. The zero-order valence-corrected chi connectivity index (χ0v) is 12.9. The molecule has 1 atom stereocenters. The molecule has 0 fully saturated rings. The van der Waals surface area contributed by atoms with Crippen LogP contribution in [-0.4, -0.2) is 26.3 Å². The molecule has 2 rings (SSSR count). The van der Waals surface area contributed by atoms with Gasteiger partial charge in [0.25, 0.3) is 0 Å². The van der Waals surface area contributed by atoms with Gasteiger partial charge in [-0.3, -0.25) is 4.68 Å². The molecular weight excluding hydrogens is 274 g/mol. The summed E-state index contributed by atoms with van der Waals surface area (Å²) < 4.78 is 1.93. The molecule has 0 amide bonds. The lowest BCUT2D eigenvalue weighted by molar-refractivity contribution is 0.507. The van der Waals surface area contributed by atoms with Crippen LogP contribution >= 0.6 is 11.6 Å². The monoisotopic (exact) mass is 293 g/mol. The van der Waals surface area contributed by atoms with Crippen molar-refractivity contribution < 1.29 is 0 Å². The average molecular weight is 294 g/mol. The largest absolute Gasteiger partial charge is 0.303 e. The van der Waals surface area contributed by atoms with Gasteiger partial charge in [-0.15, -0.1) is 0 Å². The Hall–Kier alpha value is -1.46. The van der Waals surface area contributed by atoms with Crippen LogP contribution in [-0.2, 0) is 6.54 Å². The summed E-state index contributed by atoms with van der Waals surface area (Å²) >= 11 is 6.31. The van der Waals surface area contributed by atoms with Gasteiger partial charge in [-0.1, -0.05) is 25.4 Å². The average Bonchev–Trinajstić information content (AvgIpc) is 2.79. The third-order valence-electron chi connectivity index (χ3n) is 3.01. The van der Waals surface area contributed by atoms with E-state index in [2.05, 4.69) is 34.2 Å². The number of halogens is 1. The van der Waals surface area contributed by atoms with Crippen LogP contribution in [0.5, 0.6) is 0 Å². The van der Waals surface area contributed by atoms with Crippen molar-refractivity contribution in [2.75, 3.05) is 6.54 Å². The molecule has 1 N–H and O–H groups in total. The summed E-state index contributed by atoms with van der Waals surface area (Å²) in [7, 11) is 0. The maximum absolute atomic E-state index is 6.31. The molecule has 6 heteroatoms. The van der Waals surface area contributed by atoms with Crippen molar-refractivity contribution in [1.82, 2.24) is 25.1 Å². The van der Waals surface area contributed by atoms with E-state index in [1.165, 1.54) is 0 Å². The number of rotatable bonds is 6. The fraction of sp³-hybridized carbons (Fsp3) is 0.500. The van der Waals surface area contributed by atoms with Crippen molar-refractivity contribution in [2.24, 2.45) is 0 Å². The summed E-state index contributed by atoms with van der Waals surface area (Å²) in [5.74, 6) is 0.720. The van der Waals surface area contributed by atoms with E-state index in [4.69, 9.17) is 11.6 Å². The molecule has 2 aromatic rings. The molecule has 108 valence electrons. The van der Waals surface area contributed by atoms with Crippen LogP contribution in [0.3, 0.4) is 0 Å². The van der Waals surface area contributed by atoms with Crippen LogP contribution in [0.15, 0.2) is 18.6 Å². The van der Waals surface area contributed by atoms with Crippen LogP contribution in [0.4, 0.5) is 0 Å². The molecule has 1 unspecified atom stereocenters. The maximum Gasteiger partial charge on any atom is 0.151 e. The Balaban J connectivity index is 2.42. The highest BCUT2D eigenvalue weighted by Crippen LogP contribution is 2.26. The van der Waals surface area contributed by atoms with E-state index in [1.807, 2.05) is 24.0 Å². The summed E-state index contributed by atoms with van der Waals surface area (Å²) in [6, 6.07) is -0.137. The van der Waals surface area contributed by atoms with Gasteiger partial charge < -0.3 is 5.32 Å². The van der Waals surface area contributed by atoms with Gasteiger partial charge in [0.15, 0.2) is 5.82 Å². The molecular formula is C14H20ClN5. The highest BCUT2D eigenvalue weighted by molar-refractivity contribution is 6.31. The number of nitrogens with one attached hydrogen (secondary N) is 1. The molecule has 0 saturated heterocycles. The zero-order chi connectivity index (χ0) is 14.5. The van der Waals surface area contributed by atoms with Crippen molar-refractivity contribution in [3.8, 4) is 0 Å². The lowest BCUT2D eigenvalue weighted by Gasteiger charge is -2.18. The summed E-state index contributed by atoms with van der Waals surface area (Å²) in [6.07, 6.45) is 6.33. The first-order valence-electron chi connectivity index (χ1n) is 6.90. The first kappa shape index (κ1) is 14.9. The molecule has 0 bridgehead atoms. The van der Waals surface area contributed by atoms with Gasteiger partial charge in [-0.2, -0.15) is 5.10 Å². The van der Waals surface area contributed by atoms with Gasteiger partial charge in [0.2, 0.25) is 0 Å². The number of aromatic nitrogens is 4. The fourth-order valence-corrected chi connectivity index (χ4v) is 2.37. The molecule has 2 heterocycles. The van der Waals surface area contributed by atoms with Crippen molar-refractivity contribution in [3.05, 3.63) is 40.7 Å². The van der Waals surface area contributed by atoms with E-state index in [1.54, 1.807) is 6.20 Å². The smallest absolute Gasteiger partial charge is 0.151 e. The predicted molar refractivity (Wildman–Crippen MR) is 79.8 cm³/mol. The van der Waals surface area contributed by atoms with Crippen molar-refractivity contribution in [3.63, 3.8) is 0 Å². The Morgan fingerprint density at radius 2 is 1.95 bits per heavy atom. The normalized spacial score (nSPS) is 12.6. The van der Waals surface area contributed by atoms with E-state index in [9.17, 15) is 0 Å². The highest BCUT2D eigenvalue weighted by Gasteiger charge is 2.23. The number of hydrogen-bond donors (Lipinski definition) is 1. The molecule has 0 aliphatic heterocycles. The number of aryl methyl sites for hydroxylation is 2. The second kappa shape index (κ2) is 6.81. The Kier molecular flexibility index (Phi) is 5.09. The van der Waals surface area contributed by atoms with Crippen molar-refractivity contribution in [2.45, 2.75) is 39.8 Å². The Labute approximate surface area is 124 Å². The van der Waals surface area contributed by atoms with Gasteiger partial charge in [0, 0.05) is 18.9 Å². The van der Waals surface area contributed by atoms with Gasteiger partial charge in [0.1, 0.15) is 6.04 Å². The molecule has 5 nitrogen and oxygen atoms in total. The molecule has 0 saturated carbocycles. The van der Waals surface area contributed by atoms with Crippen LogP contribution in [0, 0.1) is 6.92 Å². The van der Waals surface area contributed by atoms with Crippen LogP contribution < -0.4 is 5.32 Å². The molecule has 0 radical (unpaired) electrons. The number of nitrogens with zero attached hydrogens (tertiary/aromatic N) is 4. The van der Waals surface area contributed by atoms with Crippen molar-refractivity contribution in [1.29, 1.82) is 0 Å². The third kappa shape index (κ3) is 3.16. The Bertz CT molecular complexity index is 549. The minimum Gasteiger partial charge on any atom is -0.303 e. The van der Waals surface area contributed by atoms with Gasteiger partial charge >= 0.3 is 0 Å². The van der Waals surface area contributed by atoms with E-state index in [-0.39, 0.29) is 6.04 Å². The van der Waals surface area contributed by atoms with E-state index in [0.717, 1.165) is 36.6 Å². The zero-order valence-electron chi connectivity index (χ0n) is 12.1. The molecule has 0 aliphatic rings. The lowest BCUT2D eigenvalue weighted by Crippen LogP contribution is -2.27. The molecule has 2 aromatic heterocycles. The molecule has 0 aromatic carbocycles. The van der Waals surface area contributed by atoms with E-state index < -0.39 is 0 Å². The van der Waals surface area contributed by atoms with Gasteiger partial charge in [0.05, 0.1) is 16.9 Å². The topological polar surface area (TPSA) is 55.6 Å². The van der Waals surface area contributed by atoms with Gasteiger partial charge in [-0.25, -0.2) is 9.97 Å². The van der Waals surface area contributed by atoms with Crippen LogP contribution in [0.25, 0.3) is 0 Å². The molecule has 0 aliphatic carbocycles. The summed E-state index contributed by atoms with van der Waals surface area (Å²) in [6.45, 7) is 7.77.